The predicted octanol–water partition coefficient (Wildman–Crippen LogP) is 3.55. The van der Waals surface area contributed by atoms with E-state index in [4.69, 9.17) is 4.74 Å². The summed E-state index contributed by atoms with van der Waals surface area (Å²) in [5.74, 6) is -0.574. The maximum Gasteiger partial charge on any atom is 0.338 e. The predicted molar refractivity (Wildman–Crippen MR) is 103 cm³/mol. The number of hydrogen-bond donors (Lipinski definition) is 0. The summed E-state index contributed by atoms with van der Waals surface area (Å²) in [6, 6.07) is 10.8. The molecule has 28 heavy (non-hydrogen) atoms. The standard InChI is InChI=1S/C20H19N3O5/c1-4-22-18-9-8-15(11-17(18)21-12(2)19(22)24)20(25)28-13(3)14-6-5-7-16(10-14)23(26)27/h5-11,13H,4H2,1-3H3/t13-/m1/s1. The molecule has 0 saturated heterocycles. The minimum atomic E-state index is -0.664. The second-order valence-corrected chi connectivity index (χ2v) is 6.35. The molecule has 0 aliphatic heterocycles. The van der Waals surface area contributed by atoms with E-state index in [1.807, 2.05) is 6.92 Å². The number of carbonyl (C=O) groups is 1. The highest BCUT2D eigenvalue weighted by Crippen LogP contribution is 2.23. The molecule has 0 saturated carbocycles. The van der Waals surface area contributed by atoms with Gasteiger partial charge in [0.05, 0.1) is 21.5 Å². The Kier molecular flexibility index (Phi) is 5.21. The Balaban J connectivity index is 1.89. The van der Waals surface area contributed by atoms with Gasteiger partial charge in [-0.2, -0.15) is 0 Å². The molecule has 8 nitrogen and oxygen atoms in total. The number of aromatic nitrogens is 2. The Morgan fingerprint density at radius 2 is 2.04 bits per heavy atom. The maximum atomic E-state index is 12.5. The van der Waals surface area contributed by atoms with Crippen LogP contribution in [0.3, 0.4) is 0 Å². The minimum Gasteiger partial charge on any atom is -0.454 e. The number of nitro groups is 1. The van der Waals surface area contributed by atoms with E-state index in [1.54, 1.807) is 48.7 Å². The van der Waals surface area contributed by atoms with E-state index in [9.17, 15) is 19.7 Å². The topological polar surface area (TPSA) is 104 Å². The average Bonchev–Trinajstić information content (AvgIpc) is 2.68. The normalized spacial score (nSPS) is 12.0. The van der Waals surface area contributed by atoms with E-state index < -0.39 is 17.0 Å². The van der Waals surface area contributed by atoms with E-state index in [-0.39, 0.29) is 16.8 Å². The maximum absolute atomic E-state index is 12.5. The van der Waals surface area contributed by atoms with Gasteiger partial charge in [-0.25, -0.2) is 9.78 Å². The van der Waals surface area contributed by atoms with Crippen molar-refractivity contribution < 1.29 is 14.5 Å². The smallest absolute Gasteiger partial charge is 0.338 e. The second-order valence-electron chi connectivity index (χ2n) is 6.35. The molecule has 0 aliphatic rings. The van der Waals surface area contributed by atoms with Crippen molar-refractivity contribution in [3.8, 4) is 0 Å². The average molecular weight is 381 g/mol. The fourth-order valence-electron chi connectivity index (χ4n) is 3.00. The third kappa shape index (κ3) is 3.62. The number of rotatable bonds is 5. The van der Waals surface area contributed by atoms with Gasteiger partial charge in [0, 0.05) is 18.7 Å². The number of hydrogen-bond acceptors (Lipinski definition) is 6. The first kappa shape index (κ1) is 19.2. The number of fused-ring (bicyclic) bond motifs is 1. The summed E-state index contributed by atoms with van der Waals surface area (Å²) < 4.78 is 7.05. The Morgan fingerprint density at radius 1 is 1.29 bits per heavy atom. The SMILES string of the molecule is CCn1c(=O)c(C)nc2cc(C(=O)O[C@H](C)c3cccc([N+](=O)[O-])c3)ccc21. The third-order valence-electron chi connectivity index (χ3n) is 4.50. The molecular weight excluding hydrogens is 362 g/mol. The van der Waals surface area contributed by atoms with Crippen molar-refractivity contribution in [3.05, 3.63) is 79.8 Å². The first-order valence-corrected chi connectivity index (χ1v) is 8.78. The van der Waals surface area contributed by atoms with Crippen LogP contribution in [0.4, 0.5) is 5.69 Å². The van der Waals surface area contributed by atoms with Crippen molar-refractivity contribution in [2.24, 2.45) is 0 Å². The molecule has 1 atom stereocenters. The second kappa shape index (κ2) is 7.59. The van der Waals surface area contributed by atoms with Crippen LogP contribution in [0.25, 0.3) is 11.0 Å². The van der Waals surface area contributed by atoms with Gasteiger partial charge in [-0.1, -0.05) is 12.1 Å². The zero-order valence-electron chi connectivity index (χ0n) is 15.7. The quantitative estimate of drug-likeness (QED) is 0.380. The fourth-order valence-corrected chi connectivity index (χ4v) is 3.00. The zero-order valence-corrected chi connectivity index (χ0v) is 15.7. The van der Waals surface area contributed by atoms with E-state index in [1.165, 1.54) is 12.1 Å². The van der Waals surface area contributed by atoms with Crippen molar-refractivity contribution in [1.82, 2.24) is 9.55 Å². The van der Waals surface area contributed by atoms with Gasteiger partial charge in [0.1, 0.15) is 11.8 Å². The summed E-state index contributed by atoms with van der Waals surface area (Å²) in [6.45, 7) is 5.63. The van der Waals surface area contributed by atoms with Crippen molar-refractivity contribution >= 4 is 22.7 Å². The Bertz CT molecular complexity index is 1140. The van der Waals surface area contributed by atoms with Gasteiger partial charge in [-0.05, 0) is 44.5 Å². The van der Waals surface area contributed by atoms with Gasteiger partial charge in [-0.15, -0.1) is 0 Å². The Morgan fingerprint density at radius 3 is 2.71 bits per heavy atom. The monoisotopic (exact) mass is 381 g/mol. The van der Waals surface area contributed by atoms with Gasteiger partial charge in [0.15, 0.2) is 0 Å². The molecule has 1 aromatic heterocycles. The highest BCUT2D eigenvalue weighted by molar-refractivity contribution is 5.93. The van der Waals surface area contributed by atoms with Gasteiger partial charge in [0.25, 0.3) is 11.2 Å². The molecule has 1 heterocycles. The number of nitro benzene ring substituents is 1. The summed E-state index contributed by atoms with van der Waals surface area (Å²) in [4.78, 5) is 39.4. The summed E-state index contributed by atoms with van der Waals surface area (Å²) in [7, 11) is 0. The number of aryl methyl sites for hydroxylation is 2. The molecule has 0 N–H and O–H groups in total. The summed E-state index contributed by atoms with van der Waals surface area (Å²) >= 11 is 0. The number of carbonyl (C=O) groups excluding carboxylic acids is 1. The van der Waals surface area contributed by atoms with E-state index in [0.717, 1.165) is 0 Å². The lowest BCUT2D eigenvalue weighted by Gasteiger charge is -2.14. The highest BCUT2D eigenvalue weighted by atomic mass is 16.6. The Labute approximate surface area is 160 Å². The van der Waals surface area contributed by atoms with Crippen LogP contribution in [0.1, 0.15) is 41.6 Å². The molecule has 0 amide bonds. The van der Waals surface area contributed by atoms with Crippen LogP contribution in [0.5, 0.6) is 0 Å². The molecular formula is C20H19N3O5. The van der Waals surface area contributed by atoms with Crippen molar-refractivity contribution in [2.45, 2.75) is 33.4 Å². The Hall–Kier alpha value is -3.55. The van der Waals surface area contributed by atoms with Gasteiger partial charge < -0.3 is 9.30 Å². The van der Waals surface area contributed by atoms with Gasteiger partial charge in [0.2, 0.25) is 0 Å². The lowest BCUT2D eigenvalue weighted by Crippen LogP contribution is -2.23. The first-order chi connectivity index (χ1) is 13.3. The number of esters is 1. The molecule has 0 fully saturated rings. The molecule has 8 heteroatoms. The molecule has 144 valence electrons. The molecule has 0 aliphatic carbocycles. The van der Waals surface area contributed by atoms with Gasteiger partial charge >= 0.3 is 5.97 Å². The molecule has 3 rings (SSSR count). The molecule has 0 spiro atoms. The summed E-state index contributed by atoms with van der Waals surface area (Å²) in [5.41, 5.74) is 2.10. The first-order valence-electron chi connectivity index (χ1n) is 8.78. The fraction of sp³-hybridized carbons (Fsp3) is 0.250. The molecule has 3 aromatic rings. The number of nitrogens with zero attached hydrogens (tertiary/aromatic N) is 3. The third-order valence-corrected chi connectivity index (χ3v) is 4.50. The number of benzene rings is 2. The lowest BCUT2D eigenvalue weighted by atomic mass is 10.1. The van der Waals surface area contributed by atoms with Crippen molar-refractivity contribution in [3.63, 3.8) is 0 Å². The van der Waals surface area contributed by atoms with Crippen LogP contribution in [0, 0.1) is 17.0 Å². The highest BCUT2D eigenvalue weighted by Gasteiger charge is 2.17. The van der Waals surface area contributed by atoms with Crippen LogP contribution in [-0.2, 0) is 11.3 Å². The summed E-state index contributed by atoms with van der Waals surface area (Å²) in [6.07, 6.45) is -0.664. The molecule has 0 radical (unpaired) electrons. The van der Waals surface area contributed by atoms with E-state index in [2.05, 4.69) is 4.98 Å². The van der Waals surface area contributed by atoms with Crippen LogP contribution >= 0.6 is 0 Å². The van der Waals surface area contributed by atoms with Crippen molar-refractivity contribution in [2.75, 3.05) is 0 Å². The van der Waals surface area contributed by atoms with Crippen LogP contribution in [0.2, 0.25) is 0 Å². The number of non-ortho nitro benzene ring substituents is 1. The molecule has 0 bridgehead atoms. The zero-order chi connectivity index (χ0) is 20.4. The van der Waals surface area contributed by atoms with Gasteiger partial charge in [-0.3, -0.25) is 14.9 Å². The summed E-state index contributed by atoms with van der Waals surface area (Å²) in [5, 5.41) is 10.9. The minimum absolute atomic E-state index is 0.0664. The van der Waals surface area contributed by atoms with Crippen LogP contribution in [-0.4, -0.2) is 20.4 Å². The van der Waals surface area contributed by atoms with Crippen LogP contribution < -0.4 is 5.56 Å². The molecule has 0 unspecified atom stereocenters. The van der Waals surface area contributed by atoms with E-state index in [0.29, 0.717) is 28.8 Å². The van der Waals surface area contributed by atoms with Crippen LogP contribution in [0.15, 0.2) is 47.3 Å². The number of ether oxygens (including phenoxy) is 1. The largest absolute Gasteiger partial charge is 0.454 e. The van der Waals surface area contributed by atoms with E-state index >= 15 is 0 Å². The molecule has 2 aromatic carbocycles. The lowest BCUT2D eigenvalue weighted by molar-refractivity contribution is -0.385. The van der Waals surface area contributed by atoms with Crippen molar-refractivity contribution in [1.29, 1.82) is 0 Å².